The monoisotopic (exact) mass is 833 g/mol. The van der Waals surface area contributed by atoms with Gasteiger partial charge < -0.3 is 0 Å². The first-order valence-corrected chi connectivity index (χ1v) is 22.2. The maximum Gasteiger partial charge on any atom is 0.138 e. The first kappa shape index (κ1) is 40.7. The van der Waals surface area contributed by atoms with E-state index in [-0.39, 0.29) is 5.84 Å². The van der Waals surface area contributed by atoms with Crippen molar-refractivity contribution >= 4 is 17.4 Å². The SMILES string of the molecule is N=C(C1=CC=CCC1)N(C(=N)c1ccccc1)c1cccc(-c2cccc(-c3cccc(-c4cc(-c5ccccc5)c(-c5ccccc5)c(-c5ccccc5)c4-c4ccccc4)c3)c2)c1. The first-order valence-electron chi connectivity index (χ1n) is 22.2. The van der Waals surface area contributed by atoms with Gasteiger partial charge in [0, 0.05) is 11.3 Å². The van der Waals surface area contributed by atoms with Crippen molar-refractivity contribution in [1.29, 1.82) is 10.8 Å². The Kier molecular flexibility index (Phi) is 11.6. The van der Waals surface area contributed by atoms with Gasteiger partial charge in [0.1, 0.15) is 11.7 Å². The van der Waals surface area contributed by atoms with Gasteiger partial charge in [0.25, 0.3) is 0 Å². The van der Waals surface area contributed by atoms with Crippen LogP contribution in [0.15, 0.2) is 254 Å². The summed E-state index contributed by atoms with van der Waals surface area (Å²) >= 11 is 0. The van der Waals surface area contributed by atoms with Gasteiger partial charge in [-0.3, -0.25) is 15.7 Å². The van der Waals surface area contributed by atoms with Gasteiger partial charge in [-0.05, 0) is 127 Å². The van der Waals surface area contributed by atoms with E-state index in [1.165, 1.54) is 27.8 Å². The summed E-state index contributed by atoms with van der Waals surface area (Å²) in [5, 5.41) is 18.8. The van der Waals surface area contributed by atoms with Gasteiger partial charge in [-0.25, -0.2) is 0 Å². The summed E-state index contributed by atoms with van der Waals surface area (Å²) in [5.74, 6) is 0.592. The number of allylic oxidation sites excluding steroid dienone is 3. The Morgan fingerprint density at radius 1 is 0.354 bits per heavy atom. The zero-order chi connectivity index (χ0) is 44.0. The maximum atomic E-state index is 9.40. The highest BCUT2D eigenvalue weighted by Crippen LogP contribution is 2.50. The fourth-order valence-electron chi connectivity index (χ4n) is 9.07. The van der Waals surface area contributed by atoms with E-state index in [1.54, 1.807) is 4.90 Å². The zero-order valence-corrected chi connectivity index (χ0v) is 36.0. The second-order valence-corrected chi connectivity index (χ2v) is 16.3. The smallest absolute Gasteiger partial charge is 0.138 e. The molecule has 1 aliphatic carbocycles. The lowest BCUT2D eigenvalue weighted by molar-refractivity contribution is 0.994. The van der Waals surface area contributed by atoms with Crippen LogP contribution in [0.4, 0.5) is 5.69 Å². The molecule has 0 heterocycles. The van der Waals surface area contributed by atoms with Crippen LogP contribution in [0.5, 0.6) is 0 Å². The highest BCUT2D eigenvalue weighted by molar-refractivity contribution is 6.27. The molecule has 10 rings (SSSR count). The average Bonchev–Trinajstić information content (AvgIpc) is 3.39. The third kappa shape index (κ3) is 8.44. The first-order chi connectivity index (χ1) is 32.1. The molecule has 1 aliphatic rings. The maximum absolute atomic E-state index is 9.40. The van der Waals surface area contributed by atoms with Crippen molar-refractivity contribution in [2.24, 2.45) is 0 Å². The topological polar surface area (TPSA) is 50.9 Å². The van der Waals surface area contributed by atoms with E-state index in [2.05, 4.69) is 194 Å². The highest BCUT2D eigenvalue weighted by Gasteiger charge is 2.25. The van der Waals surface area contributed by atoms with Crippen molar-refractivity contribution < 1.29 is 0 Å². The van der Waals surface area contributed by atoms with Gasteiger partial charge in [-0.2, -0.15) is 0 Å². The van der Waals surface area contributed by atoms with E-state index < -0.39 is 0 Å². The summed E-state index contributed by atoms with van der Waals surface area (Å²) in [4.78, 5) is 1.78. The molecule has 0 aromatic heterocycles. The molecule has 65 heavy (non-hydrogen) atoms. The number of nitrogens with zero attached hydrogens (tertiary/aromatic N) is 1. The molecule has 3 heteroatoms. The number of anilines is 1. The molecule has 310 valence electrons. The van der Waals surface area contributed by atoms with Gasteiger partial charge in [0.05, 0.1) is 0 Å². The lowest BCUT2D eigenvalue weighted by Gasteiger charge is -2.28. The molecule has 0 atom stereocenters. The quantitative estimate of drug-likeness (QED) is 0.105. The number of nitrogens with one attached hydrogen (secondary N) is 2. The van der Waals surface area contributed by atoms with Gasteiger partial charge in [0.15, 0.2) is 0 Å². The largest absolute Gasteiger partial charge is 0.284 e. The second kappa shape index (κ2) is 18.5. The van der Waals surface area contributed by atoms with Crippen LogP contribution in [0.1, 0.15) is 18.4 Å². The number of hydrogen-bond acceptors (Lipinski definition) is 2. The Morgan fingerprint density at radius 2 is 0.769 bits per heavy atom. The minimum atomic E-state index is 0.270. The van der Waals surface area contributed by atoms with Crippen LogP contribution >= 0.6 is 0 Å². The van der Waals surface area contributed by atoms with Crippen molar-refractivity contribution in [3.63, 3.8) is 0 Å². The van der Waals surface area contributed by atoms with Crippen LogP contribution in [0.2, 0.25) is 0 Å². The lowest BCUT2D eigenvalue weighted by Crippen LogP contribution is -2.37. The Morgan fingerprint density at radius 3 is 1.29 bits per heavy atom. The number of amidine groups is 2. The summed E-state index contributed by atoms with van der Waals surface area (Å²) in [7, 11) is 0. The predicted molar refractivity (Wildman–Crippen MR) is 274 cm³/mol. The molecule has 0 fully saturated rings. The molecule has 0 unspecified atom stereocenters. The van der Waals surface area contributed by atoms with E-state index in [0.29, 0.717) is 5.84 Å². The van der Waals surface area contributed by atoms with Crippen molar-refractivity contribution in [3.05, 3.63) is 260 Å². The van der Waals surface area contributed by atoms with Gasteiger partial charge in [0.2, 0.25) is 0 Å². The van der Waals surface area contributed by atoms with Gasteiger partial charge in [-0.15, -0.1) is 0 Å². The molecular weight excluding hydrogens is 787 g/mol. The summed E-state index contributed by atoms with van der Waals surface area (Å²) in [6.07, 6.45) is 7.79. The normalized spacial score (nSPS) is 12.0. The molecule has 3 nitrogen and oxygen atoms in total. The summed E-state index contributed by atoms with van der Waals surface area (Å²) in [6, 6.07) is 81.3. The molecule has 2 N–H and O–H groups in total. The minimum Gasteiger partial charge on any atom is -0.284 e. The zero-order valence-electron chi connectivity index (χ0n) is 36.0. The Hall–Kier alpha value is -8.40. The van der Waals surface area contributed by atoms with Crippen LogP contribution in [0.25, 0.3) is 77.9 Å². The molecule has 0 saturated carbocycles. The molecule has 0 amide bonds. The molecule has 0 saturated heterocycles. The highest BCUT2D eigenvalue weighted by atomic mass is 15.2. The molecule has 0 radical (unpaired) electrons. The molecular formula is C62H47N3. The van der Waals surface area contributed by atoms with Crippen molar-refractivity contribution in [3.8, 4) is 77.9 Å². The Labute approximate surface area is 382 Å². The van der Waals surface area contributed by atoms with Crippen LogP contribution in [-0.4, -0.2) is 11.7 Å². The average molecular weight is 834 g/mol. The second-order valence-electron chi connectivity index (χ2n) is 16.3. The van der Waals surface area contributed by atoms with Gasteiger partial charge >= 0.3 is 0 Å². The fraction of sp³-hybridized carbons (Fsp3) is 0.0323. The van der Waals surface area contributed by atoms with E-state index in [1.807, 2.05) is 54.6 Å². The fourth-order valence-corrected chi connectivity index (χ4v) is 9.07. The lowest BCUT2D eigenvalue weighted by atomic mass is 9.78. The third-order valence-electron chi connectivity index (χ3n) is 12.2. The Balaban J connectivity index is 1.11. The van der Waals surface area contributed by atoms with E-state index in [4.69, 9.17) is 0 Å². The van der Waals surface area contributed by atoms with Gasteiger partial charge in [-0.1, -0.05) is 218 Å². The van der Waals surface area contributed by atoms with Crippen molar-refractivity contribution in [1.82, 2.24) is 0 Å². The van der Waals surface area contributed by atoms with Crippen LogP contribution < -0.4 is 4.90 Å². The predicted octanol–water partition coefficient (Wildman–Crippen LogP) is 16.4. The molecule has 0 bridgehead atoms. The Bertz CT molecular complexity index is 3210. The van der Waals surface area contributed by atoms with Crippen molar-refractivity contribution in [2.75, 3.05) is 4.90 Å². The van der Waals surface area contributed by atoms with Crippen molar-refractivity contribution in [2.45, 2.75) is 12.8 Å². The van der Waals surface area contributed by atoms with Crippen LogP contribution in [0, 0.1) is 10.8 Å². The number of rotatable bonds is 10. The summed E-state index contributed by atoms with van der Waals surface area (Å²) < 4.78 is 0. The number of hydrogen-bond donors (Lipinski definition) is 2. The van der Waals surface area contributed by atoms with E-state index in [9.17, 15) is 10.8 Å². The minimum absolute atomic E-state index is 0.270. The summed E-state index contributed by atoms with van der Waals surface area (Å²) in [5.41, 5.74) is 18.4. The molecule has 9 aromatic carbocycles. The molecule has 0 aliphatic heterocycles. The number of benzene rings is 9. The van der Waals surface area contributed by atoms with E-state index >= 15 is 0 Å². The van der Waals surface area contributed by atoms with Crippen LogP contribution in [-0.2, 0) is 0 Å². The third-order valence-corrected chi connectivity index (χ3v) is 12.2. The summed E-state index contributed by atoms with van der Waals surface area (Å²) in [6.45, 7) is 0. The molecule has 0 spiro atoms. The molecule has 9 aromatic rings. The van der Waals surface area contributed by atoms with Crippen LogP contribution in [0.3, 0.4) is 0 Å². The van der Waals surface area contributed by atoms with E-state index in [0.717, 1.165) is 79.7 Å². The standard InChI is InChI=1S/C62H47N3/c63-61(48-30-15-5-16-31-48)65(62(64)49-32-17-6-18-33-49)55-39-21-37-53(42-55)51-35-19-34-50(40-51)52-36-20-38-54(41-52)57-43-56(44-22-7-1-8-23-44)58(45-24-9-2-10-25-45)60(47-28-13-4-14-29-47)59(57)46-26-11-3-12-27-46/h1-17,19-32,34-43,63-64H,18,33H2.